The predicted octanol–water partition coefficient (Wildman–Crippen LogP) is 4.98. The van der Waals surface area contributed by atoms with Crippen molar-refractivity contribution in [1.29, 1.82) is 0 Å². The van der Waals surface area contributed by atoms with Crippen LogP contribution in [0.5, 0.6) is 0 Å². The summed E-state index contributed by atoms with van der Waals surface area (Å²) in [6, 6.07) is 16.5. The number of likely N-dealkylation sites (tertiary alicyclic amines) is 1. The van der Waals surface area contributed by atoms with Crippen molar-refractivity contribution in [3.8, 4) is 11.3 Å². The lowest BCUT2D eigenvalue weighted by Crippen LogP contribution is -2.46. The minimum absolute atomic E-state index is 0.0527. The molecule has 0 bridgehead atoms. The van der Waals surface area contributed by atoms with Gasteiger partial charge >= 0.3 is 0 Å². The molecule has 2 heterocycles. The highest BCUT2D eigenvalue weighted by Gasteiger charge is 2.26. The van der Waals surface area contributed by atoms with Crippen molar-refractivity contribution in [2.24, 2.45) is 5.92 Å². The first-order valence-electron chi connectivity index (χ1n) is 12.6. The van der Waals surface area contributed by atoms with Crippen LogP contribution in [0.15, 0.2) is 54.7 Å². The number of rotatable bonds is 7. The highest BCUT2D eigenvalue weighted by Crippen LogP contribution is 2.24. The third-order valence-electron chi connectivity index (χ3n) is 6.56. The Bertz CT molecular complexity index is 1150. The summed E-state index contributed by atoms with van der Waals surface area (Å²) in [5.74, 6) is 0.461. The summed E-state index contributed by atoms with van der Waals surface area (Å²) < 4.78 is 1.85. The number of nitrogens with one attached hydrogen (secondary N) is 1. The van der Waals surface area contributed by atoms with Gasteiger partial charge in [-0.05, 0) is 38.2 Å². The van der Waals surface area contributed by atoms with Gasteiger partial charge in [0.2, 0.25) is 5.91 Å². The molecular weight excluding hydrogens is 436 g/mol. The van der Waals surface area contributed by atoms with Gasteiger partial charge in [0.1, 0.15) is 5.69 Å². The Morgan fingerprint density at radius 3 is 2.17 bits per heavy atom. The first kappa shape index (κ1) is 24.7. The van der Waals surface area contributed by atoms with Crippen LogP contribution in [0.4, 0.5) is 0 Å². The molecule has 1 aliphatic heterocycles. The van der Waals surface area contributed by atoms with E-state index in [-0.39, 0.29) is 17.9 Å². The van der Waals surface area contributed by atoms with E-state index in [9.17, 15) is 9.59 Å². The van der Waals surface area contributed by atoms with Crippen molar-refractivity contribution in [3.05, 3.63) is 77.0 Å². The van der Waals surface area contributed by atoms with Crippen molar-refractivity contribution in [3.63, 3.8) is 0 Å². The SMILES string of the molecule is Cc1ccc(Cn2cc(C(=O)NC3CCN(C(=O)CC(C)C)CC3)c(-c3ccc(C)cc3)n2)cc1. The fourth-order valence-electron chi connectivity index (χ4n) is 4.49. The first-order valence-corrected chi connectivity index (χ1v) is 12.6. The van der Waals surface area contributed by atoms with Gasteiger partial charge in [0.25, 0.3) is 5.91 Å². The Balaban J connectivity index is 1.49. The lowest BCUT2D eigenvalue weighted by atomic mass is 10.0. The molecule has 1 aliphatic rings. The maximum absolute atomic E-state index is 13.4. The minimum atomic E-state index is -0.109. The second kappa shape index (κ2) is 10.9. The van der Waals surface area contributed by atoms with Gasteiger partial charge in [0.15, 0.2) is 0 Å². The molecule has 35 heavy (non-hydrogen) atoms. The van der Waals surface area contributed by atoms with Gasteiger partial charge in [-0.1, -0.05) is 73.5 Å². The van der Waals surface area contributed by atoms with Crippen LogP contribution in [0.3, 0.4) is 0 Å². The quantitative estimate of drug-likeness (QED) is 0.527. The zero-order valence-corrected chi connectivity index (χ0v) is 21.3. The second-order valence-electron chi connectivity index (χ2n) is 10.2. The van der Waals surface area contributed by atoms with E-state index in [0.29, 0.717) is 43.2 Å². The molecule has 1 saturated heterocycles. The molecule has 0 aliphatic carbocycles. The topological polar surface area (TPSA) is 67.2 Å². The standard InChI is InChI=1S/C29H36N4O2/c1-20(2)17-27(34)32-15-13-25(14-16-32)30-29(35)26-19-33(18-23-9-5-21(3)6-10-23)31-28(26)24-11-7-22(4)8-12-24/h5-12,19-20,25H,13-18H2,1-4H3,(H,30,35). The maximum atomic E-state index is 13.4. The Labute approximate surface area is 208 Å². The number of aryl methyl sites for hydroxylation is 2. The molecule has 3 aromatic rings. The molecule has 0 radical (unpaired) electrons. The van der Waals surface area contributed by atoms with Crippen LogP contribution in [-0.2, 0) is 11.3 Å². The molecule has 1 aromatic heterocycles. The van der Waals surface area contributed by atoms with Crippen molar-refractivity contribution < 1.29 is 9.59 Å². The third-order valence-corrected chi connectivity index (χ3v) is 6.56. The number of hydrogen-bond acceptors (Lipinski definition) is 3. The van der Waals surface area contributed by atoms with E-state index in [4.69, 9.17) is 5.10 Å². The number of hydrogen-bond donors (Lipinski definition) is 1. The molecule has 0 spiro atoms. The van der Waals surface area contributed by atoms with Gasteiger partial charge in [-0.2, -0.15) is 5.10 Å². The molecule has 6 heteroatoms. The molecule has 0 atom stereocenters. The summed E-state index contributed by atoms with van der Waals surface area (Å²) in [5.41, 5.74) is 5.72. The van der Waals surface area contributed by atoms with E-state index in [2.05, 4.69) is 50.4 Å². The van der Waals surface area contributed by atoms with Crippen molar-refractivity contribution >= 4 is 11.8 Å². The fourth-order valence-corrected chi connectivity index (χ4v) is 4.49. The molecular formula is C29H36N4O2. The molecule has 2 amide bonds. The van der Waals surface area contributed by atoms with Crippen LogP contribution in [0.25, 0.3) is 11.3 Å². The Kier molecular flexibility index (Phi) is 7.69. The normalized spacial score (nSPS) is 14.4. The van der Waals surface area contributed by atoms with E-state index in [1.165, 1.54) is 5.56 Å². The average molecular weight is 473 g/mol. The highest BCUT2D eigenvalue weighted by molar-refractivity contribution is 6.00. The molecule has 184 valence electrons. The Morgan fingerprint density at radius 1 is 0.971 bits per heavy atom. The van der Waals surface area contributed by atoms with Gasteiger partial charge in [-0.3, -0.25) is 14.3 Å². The molecule has 1 N–H and O–H groups in total. The molecule has 6 nitrogen and oxygen atoms in total. The Morgan fingerprint density at radius 2 is 1.57 bits per heavy atom. The number of piperidine rings is 1. The number of benzene rings is 2. The van der Waals surface area contributed by atoms with E-state index in [1.807, 2.05) is 47.0 Å². The number of nitrogens with zero attached hydrogens (tertiary/aromatic N) is 3. The maximum Gasteiger partial charge on any atom is 0.255 e. The summed E-state index contributed by atoms with van der Waals surface area (Å²) >= 11 is 0. The molecule has 2 aromatic carbocycles. The van der Waals surface area contributed by atoms with Crippen LogP contribution in [0.1, 0.15) is 60.2 Å². The zero-order chi connectivity index (χ0) is 24.9. The van der Waals surface area contributed by atoms with Crippen LogP contribution >= 0.6 is 0 Å². The summed E-state index contributed by atoms with van der Waals surface area (Å²) in [7, 11) is 0. The number of amides is 2. The highest BCUT2D eigenvalue weighted by atomic mass is 16.2. The lowest BCUT2D eigenvalue weighted by molar-refractivity contribution is -0.133. The monoisotopic (exact) mass is 472 g/mol. The van der Waals surface area contributed by atoms with Crippen molar-refractivity contribution in [2.75, 3.05) is 13.1 Å². The second-order valence-corrected chi connectivity index (χ2v) is 10.2. The van der Waals surface area contributed by atoms with E-state index in [1.54, 1.807) is 0 Å². The fraction of sp³-hybridized carbons (Fsp3) is 0.414. The van der Waals surface area contributed by atoms with E-state index < -0.39 is 0 Å². The molecule has 4 rings (SSSR count). The van der Waals surface area contributed by atoms with Gasteiger partial charge < -0.3 is 10.2 Å². The van der Waals surface area contributed by atoms with Crippen LogP contribution in [0.2, 0.25) is 0 Å². The molecule has 0 saturated carbocycles. The minimum Gasteiger partial charge on any atom is -0.349 e. The Hall–Kier alpha value is -3.41. The number of aromatic nitrogens is 2. The van der Waals surface area contributed by atoms with Gasteiger partial charge in [0.05, 0.1) is 12.1 Å². The van der Waals surface area contributed by atoms with Gasteiger partial charge in [-0.15, -0.1) is 0 Å². The van der Waals surface area contributed by atoms with E-state index in [0.717, 1.165) is 29.5 Å². The van der Waals surface area contributed by atoms with Crippen LogP contribution < -0.4 is 5.32 Å². The summed E-state index contributed by atoms with van der Waals surface area (Å²) in [4.78, 5) is 27.7. The first-order chi connectivity index (χ1) is 16.8. The average Bonchev–Trinajstić information content (AvgIpc) is 3.25. The van der Waals surface area contributed by atoms with Crippen molar-refractivity contribution in [2.45, 2.75) is 59.5 Å². The number of carbonyl (C=O) groups is 2. The largest absolute Gasteiger partial charge is 0.349 e. The predicted molar refractivity (Wildman–Crippen MR) is 139 cm³/mol. The molecule has 0 unspecified atom stereocenters. The summed E-state index contributed by atoms with van der Waals surface area (Å²) in [6.07, 6.45) is 3.97. The smallest absolute Gasteiger partial charge is 0.255 e. The van der Waals surface area contributed by atoms with E-state index >= 15 is 0 Å². The van der Waals surface area contributed by atoms with Crippen LogP contribution in [0, 0.1) is 19.8 Å². The van der Waals surface area contributed by atoms with Gasteiger partial charge in [-0.25, -0.2) is 0 Å². The lowest BCUT2D eigenvalue weighted by Gasteiger charge is -2.32. The zero-order valence-electron chi connectivity index (χ0n) is 21.3. The summed E-state index contributed by atoms with van der Waals surface area (Å²) in [5, 5.41) is 8.02. The molecule has 1 fully saturated rings. The van der Waals surface area contributed by atoms with Gasteiger partial charge in [0, 0.05) is 37.3 Å². The number of carbonyl (C=O) groups excluding carboxylic acids is 2. The third kappa shape index (κ3) is 6.38. The van der Waals surface area contributed by atoms with Crippen molar-refractivity contribution in [1.82, 2.24) is 20.0 Å². The van der Waals surface area contributed by atoms with Crippen LogP contribution in [-0.4, -0.2) is 45.6 Å². The summed E-state index contributed by atoms with van der Waals surface area (Å²) in [6.45, 7) is 10.2.